The molecule has 154 valence electrons. The monoisotopic (exact) mass is 394 g/mol. The molecule has 4 aliphatic carbocycles. The molecule has 4 nitrogen and oxygen atoms in total. The van der Waals surface area contributed by atoms with Crippen molar-refractivity contribution in [3.8, 4) is 0 Å². The van der Waals surface area contributed by atoms with Crippen LogP contribution in [0.4, 0.5) is 8.78 Å². The molecular formula is C22H28F2O4. The average molecular weight is 394 g/mol. The van der Waals surface area contributed by atoms with Crippen LogP contribution in [0.2, 0.25) is 0 Å². The third-order valence-electron chi connectivity index (χ3n) is 8.47. The first kappa shape index (κ1) is 19.9. The number of aliphatic hydroxyl groups is 2. The van der Waals surface area contributed by atoms with Crippen molar-refractivity contribution in [3.63, 3.8) is 0 Å². The molecule has 6 heteroatoms. The summed E-state index contributed by atoms with van der Waals surface area (Å²) in [6, 6.07) is 0. The molecule has 0 radical (unpaired) electrons. The number of aliphatic hydroxyl groups excluding tert-OH is 2. The van der Waals surface area contributed by atoms with Crippen LogP contribution in [0.25, 0.3) is 0 Å². The van der Waals surface area contributed by atoms with E-state index in [9.17, 15) is 19.8 Å². The van der Waals surface area contributed by atoms with Gasteiger partial charge in [0.15, 0.2) is 17.2 Å². The summed E-state index contributed by atoms with van der Waals surface area (Å²) in [5.74, 6) is -2.26. The predicted octanol–water partition coefficient (Wildman–Crippen LogP) is 2.73. The highest BCUT2D eigenvalue weighted by Crippen LogP contribution is 2.70. The molecule has 0 bridgehead atoms. The second kappa shape index (κ2) is 6.05. The lowest BCUT2D eigenvalue weighted by molar-refractivity contribution is -0.202. The van der Waals surface area contributed by atoms with Gasteiger partial charge in [-0.05, 0) is 61.2 Å². The first-order chi connectivity index (χ1) is 13.0. The summed E-state index contributed by atoms with van der Waals surface area (Å²) in [5, 5.41) is 20.5. The van der Waals surface area contributed by atoms with E-state index < -0.39 is 47.2 Å². The van der Waals surface area contributed by atoms with Gasteiger partial charge in [-0.25, -0.2) is 8.78 Å². The van der Waals surface area contributed by atoms with Gasteiger partial charge >= 0.3 is 0 Å². The number of rotatable bonds is 2. The lowest BCUT2D eigenvalue weighted by atomic mass is 9.45. The highest BCUT2D eigenvalue weighted by molar-refractivity contribution is 6.01. The zero-order valence-corrected chi connectivity index (χ0v) is 16.5. The highest BCUT2D eigenvalue weighted by atomic mass is 19.1. The number of halogens is 2. The molecule has 3 fully saturated rings. The fourth-order valence-electron chi connectivity index (χ4n) is 7.36. The Kier molecular flexibility index (Phi) is 4.30. The van der Waals surface area contributed by atoms with Crippen molar-refractivity contribution in [2.24, 2.45) is 34.5 Å². The molecule has 0 spiro atoms. The van der Waals surface area contributed by atoms with Crippen LogP contribution in [0.15, 0.2) is 23.8 Å². The Morgan fingerprint density at radius 2 is 1.96 bits per heavy atom. The SMILES string of the molecule is C[C@H]1C[C@@H]2[C@H]3C[C@H](F)C4=CC(=O)C=C[C@]4(C)[C@]3(F)[C@@H](O)C[C@@]2(C)[C@@H]1C(=O)CO. The van der Waals surface area contributed by atoms with E-state index in [0.717, 1.165) is 0 Å². The predicted molar refractivity (Wildman–Crippen MR) is 98.8 cm³/mol. The minimum atomic E-state index is -2.11. The number of alkyl halides is 2. The average Bonchev–Trinajstić information content (AvgIpc) is 2.89. The number of fused-ring (bicyclic) bond motifs is 5. The van der Waals surface area contributed by atoms with Gasteiger partial charge in [0, 0.05) is 17.3 Å². The number of carbonyl (C=O) groups is 2. The smallest absolute Gasteiger partial charge is 0.178 e. The van der Waals surface area contributed by atoms with Crippen LogP contribution in [0.5, 0.6) is 0 Å². The molecule has 4 aliphatic rings. The fraction of sp³-hybridized carbons (Fsp3) is 0.727. The molecule has 0 saturated heterocycles. The Balaban J connectivity index is 1.84. The lowest BCUT2D eigenvalue weighted by Gasteiger charge is -2.62. The molecule has 9 atom stereocenters. The molecule has 0 aliphatic heterocycles. The highest BCUT2D eigenvalue weighted by Gasteiger charge is 2.73. The molecular weight excluding hydrogens is 366 g/mol. The van der Waals surface area contributed by atoms with E-state index in [-0.39, 0.29) is 41.8 Å². The van der Waals surface area contributed by atoms with Crippen LogP contribution in [0.3, 0.4) is 0 Å². The van der Waals surface area contributed by atoms with E-state index >= 15 is 8.78 Å². The second-order valence-corrected chi connectivity index (χ2v) is 9.76. The molecule has 0 aromatic rings. The van der Waals surface area contributed by atoms with Gasteiger partial charge in [-0.2, -0.15) is 0 Å². The Morgan fingerprint density at radius 1 is 1.29 bits per heavy atom. The maximum Gasteiger partial charge on any atom is 0.178 e. The van der Waals surface area contributed by atoms with Gasteiger partial charge in [-0.15, -0.1) is 0 Å². The number of ketones is 2. The second-order valence-electron chi connectivity index (χ2n) is 9.76. The van der Waals surface area contributed by atoms with Crippen molar-refractivity contribution in [1.82, 2.24) is 0 Å². The topological polar surface area (TPSA) is 74.6 Å². The van der Waals surface area contributed by atoms with E-state index in [0.29, 0.717) is 6.42 Å². The van der Waals surface area contributed by atoms with E-state index in [1.54, 1.807) is 6.92 Å². The third-order valence-corrected chi connectivity index (χ3v) is 8.47. The van der Waals surface area contributed by atoms with Crippen LogP contribution in [-0.4, -0.2) is 46.3 Å². The summed E-state index contributed by atoms with van der Waals surface area (Å²) < 4.78 is 32.0. The third kappa shape index (κ3) is 2.22. The number of Topliss-reactive ketones (excluding diaryl/α,β-unsaturated/α-hetero) is 1. The standard InChI is InChI=1S/C22H28F2O4/c1-11-6-13-14-8-16(23)15-7-12(26)4-5-21(15,3)22(14,24)18(28)9-20(13,2)19(11)17(27)10-25/h4-5,7,11,13-14,16,18-19,25,28H,6,8-10H2,1-3H3/t11-,13+,14+,16-,18-,19-,20+,21-,22+/m0/s1. The number of hydrogen-bond donors (Lipinski definition) is 2. The molecule has 28 heavy (non-hydrogen) atoms. The van der Waals surface area contributed by atoms with E-state index in [4.69, 9.17) is 0 Å². The van der Waals surface area contributed by atoms with Crippen molar-refractivity contribution in [1.29, 1.82) is 0 Å². The largest absolute Gasteiger partial charge is 0.390 e. The Bertz CT molecular complexity index is 791. The molecule has 2 N–H and O–H groups in total. The molecule has 0 aromatic heterocycles. The van der Waals surface area contributed by atoms with Crippen molar-refractivity contribution >= 4 is 11.6 Å². The van der Waals surface area contributed by atoms with Crippen LogP contribution >= 0.6 is 0 Å². The minimum Gasteiger partial charge on any atom is -0.390 e. The van der Waals surface area contributed by atoms with E-state index in [2.05, 4.69) is 0 Å². The quantitative estimate of drug-likeness (QED) is 0.755. The maximum absolute atomic E-state index is 16.8. The van der Waals surface area contributed by atoms with Crippen molar-refractivity contribution < 1.29 is 28.6 Å². The van der Waals surface area contributed by atoms with Gasteiger partial charge in [0.25, 0.3) is 0 Å². The van der Waals surface area contributed by atoms with Gasteiger partial charge in [-0.3, -0.25) is 9.59 Å². The van der Waals surface area contributed by atoms with E-state index in [1.807, 2.05) is 13.8 Å². The first-order valence-electron chi connectivity index (χ1n) is 10.1. The molecule has 0 aromatic carbocycles. The first-order valence-corrected chi connectivity index (χ1v) is 10.1. The fourth-order valence-corrected chi connectivity index (χ4v) is 7.36. The Hall–Kier alpha value is -1.40. The molecule has 0 unspecified atom stereocenters. The maximum atomic E-state index is 16.8. The Morgan fingerprint density at radius 3 is 2.61 bits per heavy atom. The summed E-state index contributed by atoms with van der Waals surface area (Å²) in [6.07, 6.45) is 1.52. The van der Waals surface area contributed by atoms with Gasteiger partial charge < -0.3 is 10.2 Å². The summed E-state index contributed by atoms with van der Waals surface area (Å²) in [7, 11) is 0. The summed E-state index contributed by atoms with van der Waals surface area (Å²) >= 11 is 0. The van der Waals surface area contributed by atoms with Gasteiger partial charge in [0.1, 0.15) is 12.8 Å². The van der Waals surface area contributed by atoms with Crippen LogP contribution in [-0.2, 0) is 9.59 Å². The van der Waals surface area contributed by atoms with Gasteiger partial charge in [-0.1, -0.05) is 19.9 Å². The van der Waals surface area contributed by atoms with Crippen LogP contribution < -0.4 is 0 Å². The number of carbonyl (C=O) groups excluding carboxylic acids is 2. The molecule has 0 heterocycles. The van der Waals surface area contributed by atoms with E-state index in [1.165, 1.54) is 18.2 Å². The Labute approximate surface area is 163 Å². The zero-order chi connectivity index (χ0) is 20.6. The van der Waals surface area contributed by atoms with Crippen molar-refractivity contribution in [2.75, 3.05) is 6.61 Å². The minimum absolute atomic E-state index is 0.0736. The van der Waals surface area contributed by atoms with Crippen LogP contribution in [0.1, 0.15) is 40.0 Å². The van der Waals surface area contributed by atoms with Gasteiger partial charge in [0.05, 0.1) is 6.10 Å². The molecule has 3 saturated carbocycles. The van der Waals surface area contributed by atoms with Crippen molar-refractivity contribution in [2.45, 2.75) is 58.0 Å². The number of allylic oxidation sites excluding steroid dienone is 4. The number of hydrogen-bond acceptors (Lipinski definition) is 4. The lowest BCUT2D eigenvalue weighted by Crippen LogP contribution is -2.68. The summed E-state index contributed by atoms with van der Waals surface area (Å²) in [4.78, 5) is 24.3. The molecule has 0 amide bonds. The normalized spacial score (nSPS) is 52.5. The van der Waals surface area contributed by atoms with Crippen molar-refractivity contribution in [3.05, 3.63) is 23.8 Å². The zero-order valence-electron chi connectivity index (χ0n) is 16.5. The van der Waals surface area contributed by atoms with Gasteiger partial charge in [0.2, 0.25) is 0 Å². The summed E-state index contributed by atoms with van der Waals surface area (Å²) in [6.45, 7) is 4.78. The van der Waals surface area contributed by atoms with Crippen LogP contribution in [0, 0.1) is 34.5 Å². The molecule has 4 rings (SSSR count). The summed E-state index contributed by atoms with van der Waals surface area (Å²) in [5.41, 5.74) is -4.09.